The van der Waals surface area contributed by atoms with Crippen LogP contribution in [0, 0.1) is 29.6 Å². The molecule has 0 heterocycles. The first-order valence-corrected chi connectivity index (χ1v) is 8.45. The third-order valence-corrected chi connectivity index (χ3v) is 3.12. The van der Waals surface area contributed by atoms with E-state index in [4.69, 9.17) is 14.6 Å². The van der Waals surface area contributed by atoms with Crippen LogP contribution in [0.25, 0.3) is 0 Å². The number of carbonyl (C=O) groups excluding carboxylic acids is 2. The molecule has 140 valence electrons. The van der Waals surface area contributed by atoms with E-state index in [2.05, 4.69) is 23.7 Å². The fourth-order valence-corrected chi connectivity index (χ4v) is 1.50. The smallest absolute Gasteiger partial charge is 0.309 e. The summed E-state index contributed by atoms with van der Waals surface area (Å²) in [5, 5.41) is 8.53. The van der Waals surface area contributed by atoms with Crippen LogP contribution in [0.4, 0.5) is 0 Å². The fourth-order valence-electron chi connectivity index (χ4n) is 1.50. The van der Waals surface area contributed by atoms with Crippen LogP contribution in [0.3, 0.4) is 0 Å². The Labute approximate surface area is 155 Å². The van der Waals surface area contributed by atoms with Gasteiger partial charge in [-0.25, -0.2) is 0 Å². The Bertz CT molecular complexity index is 635. The lowest BCUT2D eigenvalue weighted by Crippen LogP contribution is -2.22. The molecular formula is C21H26O5. The molecule has 0 spiro atoms. The fraction of sp³-hybridized carbons (Fsp3) is 0.429. The van der Waals surface area contributed by atoms with E-state index in [1.165, 1.54) is 19.1 Å². The SMILES string of the molecule is CC[C@H](C)C(=O)O[C@H](/C=C/C=C\C#CC#C/C=C/CO)CCOC(C)=O. The van der Waals surface area contributed by atoms with Crippen LogP contribution in [0.5, 0.6) is 0 Å². The average molecular weight is 358 g/mol. The van der Waals surface area contributed by atoms with Gasteiger partial charge in [-0.05, 0) is 36.5 Å². The zero-order chi connectivity index (χ0) is 19.6. The molecule has 0 aliphatic heterocycles. The molecule has 5 nitrogen and oxygen atoms in total. The molecule has 0 unspecified atom stereocenters. The minimum atomic E-state index is -0.475. The lowest BCUT2D eigenvalue weighted by Gasteiger charge is -2.16. The third kappa shape index (κ3) is 13.7. The summed E-state index contributed by atoms with van der Waals surface area (Å²) >= 11 is 0. The molecule has 26 heavy (non-hydrogen) atoms. The number of aliphatic hydroxyl groups excluding tert-OH is 1. The number of carbonyl (C=O) groups is 2. The van der Waals surface area contributed by atoms with Gasteiger partial charge in [0.15, 0.2) is 0 Å². The lowest BCUT2D eigenvalue weighted by atomic mass is 10.1. The van der Waals surface area contributed by atoms with Gasteiger partial charge in [-0.1, -0.05) is 43.9 Å². The van der Waals surface area contributed by atoms with E-state index in [0.717, 1.165) is 0 Å². The van der Waals surface area contributed by atoms with Crippen molar-refractivity contribution in [3.63, 3.8) is 0 Å². The van der Waals surface area contributed by atoms with E-state index < -0.39 is 6.10 Å². The van der Waals surface area contributed by atoms with E-state index in [0.29, 0.717) is 12.8 Å². The number of ether oxygens (including phenoxy) is 2. The maximum atomic E-state index is 11.9. The van der Waals surface area contributed by atoms with Gasteiger partial charge in [0.25, 0.3) is 0 Å². The van der Waals surface area contributed by atoms with Gasteiger partial charge in [0.1, 0.15) is 6.10 Å². The summed E-state index contributed by atoms with van der Waals surface area (Å²) in [6.07, 6.45) is 10.4. The number of hydrogen-bond acceptors (Lipinski definition) is 5. The van der Waals surface area contributed by atoms with Crippen LogP contribution < -0.4 is 0 Å². The monoisotopic (exact) mass is 358 g/mol. The van der Waals surface area contributed by atoms with Crippen LogP contribution in [0.2, 0.25) is 0 Å². The summed E-state index contributed by atoms with van der Waals surface area (Å²) in [5.74, 6) is 9.78. The maximum Gasteiger partial charge on any atom is 0.309 e. The van der Waals surface area contributed by atoms with Crippen molar-refractivity contribution in [1.29, 1.82) is 0 Å². The molecule has 0 amide bonds. The van der Waals surface area contributed by atoms with Crippen LogP contribution in [-0.2, 0) is 19.1 Å². The zero-order valence-corrected chi connectivity index (χ0v) is 15.5. The Morgan fingerprint density at radius 1 is 1.15 bits per heavy atom. The molecule has 0 radical (unpaired) electrons. The first-order valence-electron chi connectivity index (χ1n) is 8.45. The lowest BCUT2D eigenvalue weighted by molar-refractivity contribution is -0.152. The quantitative estimate of drug-likeness (QED) is 0.390. The molecule has 2 atom stereocenters. The summed E-state index contributed by atoms with van der Waals surface area (Å²) in [6.45, 7) is 5.19. The average Bonchev–Trinajstić information content (AvgIpc) is 2.61. The highest BCUT2D eigenvalue weighted by Crippen LogP contribution is 2.09. The first kappa shape index (κ1) is 23.2. The molecular weight excluding hydrogens is 332 g/mol. The van der Waals surface area contributed by atoms with Crippen molar-refractivity contribution in [2.45, 2.75) is 39.7 Å². The Kier molecular flexibility index (Phi) is 14.1. The number of allylic oxidation sites excluding steroid dienone is 4. The van der Waals surface area contributed by atoms with Crippen molar-refractivity contribution in [3.8, 4) is 23.7 Å². The summed E-state index contributed by atoms with van der Waals surface area (Å²) in [7, 11) is 0. The van der Waals surface area contributed by atoms with Crippen molar-refractivity contribution in [1.82, 2.24) is 0 Å². The van der Waals surface area contributed by atoms with Crippen molar-refractivity contribution in [2.24, 2.45) is 5.92 Å². The van der Waals surface area contributed by atoms with Gasteiger partial charge < -0.3 is 14.6 Å². The molecule has 0 aliphatic rings. The second kappa shape index (κ2) is 15.7. The third-order valence-electron chi connectivity index (χ3n) is 3.12. The highest BCUT2D eigenvalue weighted by molar-refractivity contribution is 5.72. The van der Waals surface area contributed by atoms with E-state index in [-0.39, 0.29) is 31.1 Å². The molecule has 0 aromatic rings. The highest BCUT2D eigenvalue weighted by atomic mass is 16.6. The van der Waals surface area contributed by atoms with E-state index in [1.54, 1.807) is 31.2 Å². The van der Waals surface area contributed by atoms with Gasteiger partial charge in [0, 0.05) is 13.3 Å². The molecule has 0 rings (SSSR count). The van der Waals surface area contributed by atoms with Crippen molar-refractivity contribution < 1.29 is 24.2 Å². The summed E-state index contributed by atoms with van der Waals surface area (Å²) in [5.41, 5.74) is 0. The molecule has 0 aromatic carbocycles. The normalized spacial score (nSPS) is 12.9. The van der Waals surface area contributed by atoms with Crippen LogP contribution in [0.1, 0.15) is 33.6 Å². The minimum absolute atomic E-state index is 0.0486. The van der Waals surface area contributed by atoms with Crippen molar-refractivity contribution in [3.05, 3.63) is 36.5 Å². The number of rotatable bonds is 9. The molecule has 0 aliphatic carbocycles. The zero-order valence-electron chi connectivity index (χ0n) is 15.5. The predicted molar refractivity (Wildman–Crippen MR) is 101 cm³/mol. The Morgan fingerprint density at radius 3 is 2.46 bits per heavy atom. The number of aliphatic hydroxyl groups is 1. The van der Waals surface area contributed by atoms with E-state index >= 15 is 0 Å². The molecule has 0 fully saturated rings. The summed E-state index contributed by atoms with van der Waals surface area (Å²) < 4.78 is 10.3. The van der Waals surface area contributed by atoms with Crippen molar-refractivity contribution >= 4 is 11.9 Å². The summed E-state index contributed by atoms with van der Waals surface area (Å²) in [6, 6.07) is 0. The number of hydrogen-bond donors (Lipinski definition) is 1. The second-order valence-electron chi connectivity index (χ2n) is 5.28. The van der Waals surface area contributed by atoms with Gasteiger partial charge in [0.2, 0.25) is 0 Å². The topological polar surface area (TPSA) is 72.8 Å². The maximum absolute atomic E-state index is 11.9. The van der Waals surface area contributed by atoms with E-state index in [1.807, 2.05) is 6.92 Å². The van der Waals surface area contributed by atoms with Crippen LogP contribution in [-0.4, -0.2) is 36.4 Å². The molecule has 5 heteroatoms. The second-order valence-corrected chi connectivity index (χ2v) is 5.28. The number of esters is 2. The molecule has 0 saturated heterocycles. The Hall–Kier alpha value is -2.76. The Morgan fingerprint density at radius 2 is 1.85 bits per heavy atom. The van der Waals surface area contributed by atoms with Gasteiger partial charge in [-0.2, -0.15) is 0 Å². The summed E-state index contributed by atoms with van der Waals surface area (Å²) in [4.78, 5) is 22.8. The van der Waals surface area contributed by atoms with Gasteiger partial charge in [-0.3, -0.25) is 9.59 Å². The van der Waals surface area contributed by atoms with Gasteiger partial charge in [-0.15, -0.1) is 0 Å². The molecule has 1 N–H and O–H groups in total. The first-order chi connectivity index (χ1) is 12.5. The highest BCUT2D eigenvalue weighted by Gasteiger charge is 2.17. The van der Waals surface area contributed by atoms with Gasteiger partial charge in [0.05, 0.1) is 19.1 Å². The largest absolute Gasteiger partial charge is 0.466 e. The van der Waals surface area contributed by atoms with Gasteiger partial charge >= 0.3 is 11.9 Å². The van der Waals surface area contributed by atoms with Crippen LogP contribution in [0.15, 0.2) is 36.5 Å². The molecule has 0 bridgehead atoms. The standard InChI is InChI=1S/C21H26O5/c1-4-18(2)21(24)26-20(15-17-25-19(3)23)14-12-10-8-6-5-7-9-11-13-16-22/h8,10-14,18,20,22H,4,15-17H2,1-3H3/b10-8-,13-11+,14-12+/t18-,20+/m0/s1. The van der Waals surface area contributed by atoms with Crippen molar-refractivity contribution in [2.75, 3.05) is 13.2 Å². The molecule has 0 aromatic heterocycles. The minimum Gasteiger partial charge on any atom is -0.466 e. The predicted octanol–water partition coefficient (Wildman–Crippen LogP) is 2.57. The Balaban J connectivity index is 4.64. The molecule has 0 saturated carbocycles. The van der Waals surface area contributed by atoms with Crippen LogP contribution >= 0.6 is 0 Å². The van der Waals surface area contributed by atoms with E-state index in [9.17, 15) is 9.59 Å².